The first-order valence-corrected chi connectivity index (χ1v) is 13.1. The molecule has 2 aliphatic rings. The maximum atomic E-state index is 14.0. The standard InChI is InChI=1S/C31H29NO7/c1-5-35-22-10-8-20(14-26(22)36-6-2)28-27-29(33)21-11-17(3)18(4)12-24(21)39-30(27)31(34)32(28)15-19-7-9-23-25(13-19)38-16-37-23/h7-14,28H,5-6,15-16H2,1-4H3. The topological polar surface area (TPSA) is 87.4 Å². The zero-order valence-corrected chi connectivity index (χ0v) is 22.3. The highest BCUT2D eigenvalue weighted by Crippen LogP contribution is 2.43. The predicted octanol–water partition coefficient (Wildman–Crippen LogP) is 5.68. The molecule has 4 aromatic rings. The molecular weight excluding hydrogens is 498 g/mol. The summed E-state index contributed by atoms with van der Waals surface area (Å²) in [5.41, 5.74) is 4.04. The zero-order chi connectivity index (χ0) is 27.3. The Morgan fingerprint density at radius 1 is 0.872 bits per heavy atom. The van der Waals surface area contributed by atoms with E-state index in [4.69, 9.17) is 23.4 Å². The Hall–Kier alpha value is -4.46. The van der Waals surface area contributed by atoms with Crippen LogP contribution in [0.25, 0.3) is 11.0 Å². The molecule has 2 aliphatic heterocycles. The highest BCUT2D eigenvalue weighted by atomic mass is 16.7. The number of fused-ring (bicyclic) bond motifs is 3. The second kappa shape index (κ2) is 9.69. The number of hydrogen-bond donors (Lipinski definition) is 0. The van der Waals surface area contributed by atoms with Crippen LogP contribution in [0.5, 0.6) is 23.0 Å². The Morgan fingerprint density at radius 2 is 1.62 bits per heavy atom. The molecule has 0 bridgehead atoms. The van der Waals surface area contributed by atoms with Gasteiger partial charge in [0.15, 0.2) is 28.4 Å². The molecule has 0 saturated carbocycles. The van der Waals surface area contributed by atoms with E-state index >= 15 is 0 Å². The van der Waals surface area contributed by atoms with Crippen LogP contribution in [-0.2, 0) is 6.54 Å². The van der Waals surface area contributed by atoms with Gasteiger partial charge in [0, 0.05) is 6.54 Å². The third-order valence-electron chi connectivity index (χ3n) is 7.26. The Balaban J connectivity index is 1.53. The summed E-state index contributed by atoms with van der Waals surface area (Å²) >= 11 is 0. The molecule has 6 rings (SSSR count). The number of amides is 1. The van der Waals surface area contributed by atoms with Crippen LogP contribution in [0.3, 0.4) is 0 Å². The minimum atomic E-state index is -0.685. The van der Waals surface area contributed by atoms with Gasteiger partial charge in [-0.3, -0.25) is 9.59 Å². The van der Waals surface area contributed by atoms with E-state index in [0.717, 1.165) is 22.3 Å². The van der Waals surface area contributed by atoms with E-state index < -0.39 is 6.04 Å². The SMILES string of the molecule is CCOc1ccc(C2c3c(oc4cc(C)c(C)cc4c3=O)C(=O)N2Cc2ccc3c(c2)OCO3)cc1OCC. The summed E-state index contributed by atoms with van der Waals surface area (Å²) in [6.07, 6.45) is 0. The molecule has 3 aromatic carbocycles. The molecule has 0 aliphatic carbocycles. The monoisotopic (exact) mass is 527 g/mol. The van der Waals surface area contributed by atoms with E-state index in [1.54, 1.807) is 4.90 Å². The molecule has 1 aromatic heterocycles. The van der Waals surface area contributed by atoms with Gasteiger partial charge in [0.2, 0.25) is 12.6 Å². The third kappa shape index (κ3) is 4.16. The maximum Gasteiger partial charge on any atom is 0.291 e. The van der Waals surface area contributed by atoms with Crippen molar-refractivity contribution in [3.63, 3.8) is 0 Å². The van der Waals surface area contributed by atoms with Crippen molar-refractivity contribution in [2.24, 2.45) is 0 Å². The van der Waals surface area contributed by atoms with Gasteiger partial charge < -0.3 is 28.3 Å². The minimum absolute atomic E-state index is 0.0633. The molecule has 8 heteroatoms. The number of carbonyl (C=O) groups excluding carboxylic acids is 1. The fourth-order valence-electron chi connectivity index (χ4n) is 5.26. The molecule has 3 heterocycles. The van der Waals surface area contributed by atoms with E-state index in [-0.39, 0.29) is 30.4 Å². The average molecular weight is 528 g/mol. The van der Waals surface area contributed by atoms with Crippen LogP contribution >= 0.6 is 0 Å². The molecule has 8 nitrogen and oxygen atoms in total. The van der Waals surface area contributed by atoms with Crippen LogP contribution in [0.15, 0.2) is 57.7 Å². The molecule has 1 unspecified atom stereocenters. The molecular formula is C31H29NO7. The first-order chi connectivity index (χ1) is 18.9. The quantitative estimate of drug-likeness (QED) is 0.306. The average Bonchev–Trinajstić information content (AvgIpc) is 3.49. The van der Waals surface area contributed by atoms with E-state index in [2.05, 4.69) is 0 Å². The summed E-state index contributed by atoms with van der Waals surface area (Å²) in [6.45, 7) is 9.02. The molecule has 0 fully saturated rings. The summed E-state index contributed by atoms with van der Waals surface area (Å²) in [5.74, 6) is 2.15. The van der Waals surface area contributed by atoms with Crippen molar-refractivity contribution in [3.8, 4) is 23.0 Å². The lowest BCUT2D eigenvalue weighted by atomic mass is 9.97. The van der Waals surface area contributed by atoms with E-state index in [0.29, 0.717) is 52.7 Å². The fourth-order valence-corrected chi connectivity index (χ4v) is 5.26. The normalized spacial score (nSPS) is 15.6. The van der Waals surface area contributed by atoms with E-state index in [9.17, 15) is 9.59 Å². The van der Waals surface area contributed by atoms with Crippen molar-refractivity contribution in [2.75, 3.05) is 20.0 Å². The molecule has 1 amide bonds. The van der Waals surface area contributed by atoms with Gasteiger partial charge in [0.05, 0.1) is 30.2 Å². The van der Waals surface area contributed by atoms with Gasteiger partial charge in [-0.1, -0.05) is 12.1 Å². The van der Waals surface area contributed by atoms with Crippen molar-refractivity contribution in [1.29, 1.82) is 0 Å². The van der Waals surface area contributed by atoms with Crippen LogP contribution in [0, 0.1) is 13.8 Å². The molecule has 1 atom stereocenters. The highest BCUT2D eigenvalue weighted by molar-refractivity contribution is 5.99. The lowest BCUT2D eigenvalue weighted by Gasteiger charge is -2.26. The van der Waals surface area contributed by atoms with Crippen molar-refractivity contribution in [3.05, 3.63) is 92.3 Å². The molecule has 0 saturated heterocycles. The van der Waals surface area contributed by atoms with Gasteiger partial charge >= 0.3 is 0 Å². The second-order valence-corrected chi connectivity index (χ2v) is 9.70. The Bertz CT molecular complexity index is 1670. The Kier molecular flexibility index (Phi) is 6.17. The zero-order valence-electron chi connectivity index (χ0n) is 22.3. The molecule has 0 radical (unpaired) electrons. The van der Waals surface area contributed by atoms with E-state index in [1.165, 1.54) is 0 Å². The number of carbonyl (C=O) groups is 1. The van der Waals surface area contributed by atoms with E-state index in [1.807, 2.05) is 76.2 Å². The number of ether oxygens (including phenoxy) is 4. The van der Waals surface area contributed by atoms with Gasteiger partial charge in [0.1, 0.15) is 5.58 Å². The van der Waals surface area contributed by atoms with Gasteiger partial charge in [-0.05, 0) is 86.3 Å². The fraction of sp³-hybridized carbons (Fsp3) is 0.290. The van der Waals surface area contributed by atoms with Crippen LogP contribution < -0.4 is 24.4 Å². The number of rotatable bonds is 7. The first kappa shape index (κ1) is 24.9. The molecule has 200 valence electrons. The van der Waals surface area contributed by atoms with Crippen molar-refractivity contribution < 1.29 is 28.2 Å². The van der Waals surface area contributed by atoms with Crippen molar-refractivity contribution in [1.82, 2.24) is 4.90 Å². The lowest BCUT2D eigenvalue weighted by Crippen LogP contribution is -2.29. The maximum absolute atomic E-state index is 14.0. The van der Waals surface area contributed by atoms with Crippen LogP contribution in [0.4, 0.5) is 0 Å². The van der Waals surface area contributed by atoms with Crippen LogP contribution in [-0.4, -0.2) is 30.8 Å². The summed E-state index contributed by atoms with van der Waals surface area (Å²) in [6, 6.07) is 14.1. The third-order valence-corrected chi connectivity index (χ3v) is 7.26. The molecule has 0 N–H and O–H groups in total. The largest absolute Gasteiger partial charge is 0.490 e. The smallest absolute Gasteiger partial charge is 0.291 e. The summed E-state index contributed by atoms with van der Waals surface area (Å²) in [4.78, 5) is 29.6. The van der Waals surface area contributed by atoms with Gasteiger partial charge in [-0.25, -0.2) is 0 Å². The number of hydrogen-bond acceptors (Lipinski definition) is 7. The van der Waals surface area contributed by atoms with Crippen LogP contribution in [0.1, 0.15) is 58.3 Å². The predicted molar refractivity (Wildman–Crippen MR) is 145 cm³/mol. The van der Waals surface area contributed by atoms with Crippen molar-refractivity contribution >= 4 is 16.9 Å². The summed E-state index contributed by atoms with van der Waals surface area (Å²) in [5, 5.41) is 0.454. The summed E-state index contributed by atoms with van der Waals surface area (Å²) in [7, 11) is 0. The number of benzene rings is 3. The van der Waals surface area contributed by atoms with Gasteiger partial charge in [-0.2, -0.15) is 0 Å². The lowest BCUT2D eigenvalue weighted by molar-refractivity contribution is 0.0714. The number of nitrogens with zero attached hydrogens (tertiary/aromatic N) is 1. The minimum Gasteiger partial charge on any atom is -0.490 e. The van der Waals surface area contributed by atoms with Crippen LogP contribution in [0.2, 0.25) is 0 Å². The number of aryl methyl sites for hydroxylation is 2. The Labute approximate surface area is 225 Å². The van der Waals surface area contributed by atoms with Crippen molar-refractivity contribution in [2.45, 2.75) is 40.3 Å². The van der Waals surface area contributed by atoms with Gasteiger partial charge in [-0.15, -0.1) is 0 Å². The second-order valence-electron chi connectivity index (χ2n) is 9.70. The van der Waals surface area contributed by atoms with Gasteiger partial charge in [0.25, 0.3) is 5.91 Å². The molecule has 39 heavy (non-hydrogen) atoms. The Morgan fingerprint density at radius 3 is 2.41 bits per heavy atom. The first-order valence-electron chi connectivity index (χ1n) is 13.1. The molecule has 0 spiro atoms. The summed E-state index contributed by atoms with van der Waals surface area (Å²) < 4.78 is 28.8. The highest BCUT2D eigenvalue weighted by Gasteiger charge is 2.43.